The number of rotatable bonds is 3. The normalized spacial score (nSPS) is 26.0. The number of carbonyl (C=O) groups is 2. The third-order valence-electron chi connectivity index (χ3n) is 3.97. The SMILES string of the molecule is O=C1N[C@@H]2C[C@@H](NC(=O)c3cc(Cl)c(C(F)F)cc3F)[C@@H](C2)O1. The van der Waals surface area contributed by atoms with Gasteiger partial charge in [-0.25, -0.2) is 18.0 Å². The molecule has 1 heterocycles. The second-order valence-electron chi connectivity index (χ2n) is 5.49. The van der Waals surface area contributed by atoms with E-state index in [-0.39, 0.29) is 11.1 Å². The van der Waals surface area contributed by atoms with Gasteiger partial charge < -0.3 is 15.4 Å². The van der Waals surface area contributed by atoms with Gasteiger partial charge in [0.15, 0.2) is 0 Å². The van der Waals surface area contributed by atoms with Crippen LogP contribution in [-0.2, 0) is 4.74 Å². The molecule has 3 atom stereocenters. The third-order valence-corrected chi connectivity index (χ3v) is 4.29. The Hall–Kier alpha value is -1.96. The quantitative estimate of drug-likeness (QED) is 0.882. The number of hydrogen-bond donors (Lipinski definition) is 2. The average Bonchev–Trinajstić information content (AvgIpc) is 2.74. The number of alkyl halides is 2. The van der Waals surface area contributed by atoms with Crippen LogP contribution in [0.15, 0.2) is 12.1 Å². The lowest BCUT2D eigenvalue weighted by molar-refractivity contribution is 0.0658. The number of amides is 2. The largest absolute Gasteiger partial charge is 0.444 e. The van der Waals surface area contributed by atoms with Crippen molar-refractivity contribution in [2.24, 2.45) is 0 Å². The Morgan fingerprint density at radius 1 is 1.39 bits per heavy atom. The average molecular weight is 349 g/mol. The number of benzene rings is 1. The third kappa shape index (κ3) is 3.08. The molecule has 3 rings (SSSR count). The topological polar surface area (TPSA) is 67.4 Å². The van der Waals surface area contributed by atoms with Crippen molar-refractivity contribution in [2.45, 2.75) is 37.5 Å². The summed E-state index contributed by atoms with van der Waals surface area (Å²) in [6.07, 6.45) is -2.99. The van der Waals surface area contributed by atoms with Crippen molar-refractivity contribution in [3.8, 4) is 0 Å². The second kappa shape index (κ2) is 5.92. The maximum absolute atomic E-state index is 13.9. The Bertz CT molecular complexity index is 671. The van der Waals surface area contributed by atoms with Crippen LogP contribution in [0.1, 0.15) is 35.2 Å². The molecule has 0 radical (unpaired) electrons. The van der Waals surface area contributed by atoms with Crippen LogP contribution in [0.25, 0.3) is 0 Å². The number of hydrogen-bond acceptors (Lipinski definition) is 3. The number of ether oxygens (including phenoxy) is 1. The van der Waals surface area contributed by atoms with Crippen LogP contribution in [0.2, 0.25) is 5.02 Å². The van der Waals surface area contributed by atoms with E-state index in [1.807, 2.05) is 0 Å². The summed E-state index contributed by atoms with van der Waals surface area (Å²) in [6.45, 7) is 0. The molecule has 9 heteroatoms. The van der Waals surface area contributed by atoms with Gasteiger partial charge in [0.1, 0.15) is 11.9 Å². The molecule has 2 fully saturated rings. The Morgan fingerprint density at radius 2 is 2.13 bits per heavy atom. The summed E-state index contributed by atoms with van der Waals surface area (Å²) in [5, 5.41) is 4.78. The molecule has 1 saturated heterocycles. The number of fused-ring (bicyclic) bond motifs is 2. The fourth-order valence-corrected chi connectivity index (χ4v) is 3.13. The predicted octanol–water partition coefficient (Wildman–Crippen LogP) is 2.79. The molecule has 2 aliphatic rings. The molecule has 1 aliphatic carbocycles. The molecule has 5 nitrogen and oxygen atoms in total. The summed E-state index contributed by atoms with van der Waals surface area (Å²) in [6, 6.07) is 0.843. The van der Waals surface area contributed by atoms with Crippen LogP contribution >= 0.6 is 11.6 Å². The van der Waals surface area contributed by atoms with Gasteiger partial charge in [0.2, 0.25) is 0 Å². The second-order valence-corrected chi connectivity index (χ2v) is 5.90. The lowest BCUT2D eigenvalue weighted by atomic mass is 10.1. The molecular weight excluding hydrogens is 337 g/mol. The molecule has 1 aliphatic heterocycles. The molecule has 2 bridgehead atoms. The highest BCUT2D eigenvalue weighted by molar-refractivity contribution is 6.31. The van der Waals surface area contributed by atoms with Crippen LogP contribution < -0.4 is 10.6 Å². The van der Waals surface area contributed by atoms with Gasteiger partial charge in [-0.2, -0.15) is 0 Å². The van der Waals surface area contributed by atoms with Crippen molar-refractivity contribution in [2.75, 3.05) is 0 Å². The fourth-order valence-electron chi connectivity index (χ4n) is 2.89. The Kier molecular flexibility index (Phi) is 4.09. The molecule has 1 saturated carbocycles. The van der Waals surface area contributed by atoms with Crippen LogP contribution in [0.4, 0.5) is 18.0 Å². The maximum atomic E-state index is 13.9. The van der Waals surface area contributed by atoms with E-state index in [0.29, 0.717) is 18.9 Å². The molecule has 124 valence electrons. The number of nitrogens with one attached hydrogen (secondary N) is 2. The Labute approximate surface area is 134 Å². The number of alkyl carbamates (subject to hydrolysis) is 1. The first kappa shape index (κ1) is 15.9. The van der Waals surface area contributed by atoms with E-state index in [9.17, 15) is 22.8 Å². The molecule has 0 aromatic heterocycles. The van der Waals surface area contributed by atoms with E-state index in [2.05, 4.69) is 10.6 Å². The highest BCUT2D eigenvalue weighted by atomic mass is 35.5. The van der Waals surface area contributed by atoms with E-state index in [4.69, 9.17) is 16.3 Å². The Balaban J connectivity index is 1.76. The summed E-state index contributed by atoms with van der Waals surface area (Å²) in [5.41, 5.74) is -1.10. The summed E-state index contributed by atoms with van der Waals surface area (Å²) >= 11 is 5.66. The van der Waals surface area contributed by atoms with Crippen LogP contribution in [0.3, 0.4) is 0 Å². The fraction of sp³-hybridized carbons (Fsp3) is 0.429. The van der Waals surface area contributed by atoms with E-state index in [1.165, 1.54) is 0 Å². The van der Waals surface area contributed by atoms with Gasteiger partial charge in [0.25, 0.3) is 12.3 Å². The van der Waals surface area contributed by atoms with Gasteiger partial charge in [-0.05, 0) is 18.6 Å². The van der Waals surface area contributed by atoms with Gasteiger partial charge in [-0.15, -0.1) is 0 Å². The minimum absolute atomic E-state index is 0.110. The molecule has 0 spiro atoms. The van der Waals surface area contributed by atoms with Crippen molar-refractivity contribution in [3.63, 3.8) is 0 Å². The maximum Gasteiger partial charge on any atom is 0.407 e. The number of halogens is 4. The first-order chi connectivity index (χ1) is 10.8. The van der Waals surface area contributed by atoms with Crippen molar-refractivity contribution < 1.29 is 27.5 Å². The van der Waals surface area contributed by atoms with Gasteiger partial charge in [-0.1, -0.05) is 11.6 Å². The summed E-state index contributed by atoms with van der Waals surface area (Å²) in [5.74, 6) is -1.88. The van der Waals surface area contributed by atoms with Gasteiger partial charge in [0, 0.05) is 18.0 Å². The lowest BCUT2D eigenvalue weighted by Gasteiger charge is -2.23. The minimum atomic E-state index is -2.94. The number of carbonyl (C=O) groups excluding carboxylic acids is 2. The predicted molar refractivity (Wildman–Crippen MR) is 74.0 cm³/mol. The monoisotopic (exact) mass is 348 g/mol. The molecular formula is C14H12ClF3N2O3. The summed E-state index contributed by atoms with van der Waals surface area (Å²) in [4.78, 5) is 23.4. The van der Waals surface area contributed by atoms with E-state index >= 15 is 0 Å². The van der Waals surface area contributed by atoms with Crippen molar-refractivity contribution in [3.05, 3.63) is 34.1 Å². The zero-order chi connectivity index (χ0) is 16.7. The highest BCUT2D eigenvalue weighted by Gasteiger charge is 2.42. The first-order valence-electron chi connectivity index (χ1n) is 6.90. The molecule has 1 aromatic rings. The highest BCUT2D eigenvalue weighted by Crippen LogP contribution is 2.30. The summed E-state index contributed by atoms with van der Waals surface area (Å²) < 4.78 is 44.2. The first-order valence-corrected chi connectivity index (χ1v) is 7.28. The van der Waals surface area contributed by atoms with E-state index in [1.54, 1.807) is 0 Å². The van der Waals surface area contributed by atoms with Crippen LogP contribution in [0, 0.1) is 5.82 Å². The summed E-state index contributed by atoms with van der Waals surface area (Å²) in [7, 11) is 0. The minimum Gasteiger partial charge on any atom is -0.444 e. The van der Waals surface area contributed by atoms with Crippen LogP contribution in [0.5, 0.6) is 0 Å². The van der Waals surface area contributed by atoms with Gasteiger partial charge in [0.05, 0.1) is 16.6 Å². The van der Waals surface area contributed by atoms with Crippen molar-refractivity contribution in [1.29, 1.82) is 0 Å². The van der Waals surface area contributed by atoms with Crippen LogP contribution in [-0.4, -0.2) is 30.2 Å². The standard InChI is InChI=1S/C14H12ClF3N2O3/c15-8-3-7(9(16)4-6(8)12(17)18)13(21)20-10-1-5-2-11(10)23-14(22)19-5/h3-5,10-12H,1-2H2,(H,19,22)(H,20,21)/t5-,10-,11-/m1/s1. The van der Waals surface area contributed by atoms with Gasteiger partial charge >= 0.3 is 6.09 Å². The molecule has 2 amide bonds. The zero-order valence-electron chi connectivity index (χ0n) is 11.6. The van der Waals surface area contributed by atoms with Crippen molar-refractivity contribution >= 4 is 23.6 Å². The lowest BCUT2D eigenvalue weighted by Crippen LogP contribution is -2.44. The molecule has 0 unspecified atom stereocenters. The Morgan fingerprint density at radius 3 is 2.83 bits per heavy atom. The van der Waals surface area contributed by atoms with E-state index < -0.39 is 47.5 Å². The van der Waals surface area contributed by atoms with Gasteiger partial charge in [-0.3, -0.25) is 4.79 Å². The van der Waals surface area contributed by atoms with Crippen molar-refractivity contribution in [1.82, 2.24) is 10.6 Å². The molecule has 1 aromatic carbocycles. The van der Waals surface area contributed by atoms with E-state index in [0.717, 1.165) is 6.07 Å². The molecule has 23 heavy (non-hydrogen) atoms. The molecule has 2 N–H and O–H groups in total. The smallest absolute Gasteiger partial charge is 0.407 e. The zero-order valence-corrected chi connectivity index (χ0v) is 12.4.